The normalized spacial score (nSPS) is 10.9. The second kappa shape index (κ2) is 6.20. The van der Waals surface area contributed by atoms with Crippen molar-refractivity contribution in [1.29, 1.82) is 0 Å². The van der Waals surface area contributed by atoms with E-state index in [-0.39, 0.29) is 0 Å². The molecule has 2 rings (SSSR count). The molecule has 20 heavy (non-hydrogen) atoms. The summed E-state index contributed by atoms with van der Waals surface area (Å²) in [7, 11) is 0. The van der Waals surface area contributed by atoms with Gasteiger partial charge >= 0.3 is 6.01 Å². The first kappa shape index (κ1) is 14.8. The molecule has 0 unspecified atom stereocenters. The van der Waals surface area contributed by atoms with Crippen LogP contribution in [0.15, 0.2) is 24.3 Å². The summed E-state index contributed by atoms with van der Waals surface area (Å²) in [5.41, 5.74) is 8.38. The fourth-order valence-electron chi connectivity index (χ4n) is 1.80. The van der Waals surface area contributed by atoms with Gasteiger partial charge in [0.25, 0.3) is 0 Å². The van der Waals surface area contributed by atoms with Crippen LogP contribution in [0.3, 0.4) is 0 Å². The molecule has 0 amide bonds. The van der Waals surface area contributed by atoms with Crippen molar-refractivity contribution >= 4 is 11.6 Å². The van der Waals surface area contributed by atoms with Crippen molar-refractivity contribution in [3.63, 3.8) is 0 Å². The van der Waals surface area contributed by atoms with Gasteiger partial charge in [-0.1, -0.05) is 31.5 Å². The summed E-state index contributed by atoms with van der Waals surface area (Å²) in [4.78, 5) is 8.72. The average Bonchev–Trinajstić information content (AvgIpc) is 2.38. The third-order valence-corrected chi connectivity index (χ3v) is 3.13. The van der Waals surface area contributed by atoms with E-state index in [1.54, 1.807) is 12.1 Å². The molecule has 4 nitrogen and oxygen atoms in total. The maximum atomic E-state index is 5.99. The fraction of sp³-hybridized carbons (Fsp3) is 0.333. The first-order valence-corrected chi connectivity index (χ1v) is 6.89. The minimum Gasteiger partial charge on any atom is -0.424 e. The molecular weight excluding hydrogens is 274 g/mol. The largest absolute Gasteiger partial charge is 0.424 e. The molecule has 0 aliphatic carbocycles. The SMILES string of the molecule is Cc1cc(C(C)C)nc(Oc2cc(Cl)ccc2CN)n1. The number of ether oxygens (including phenoxy) is 1. The maximum Gasteiger partial charge on any atom is 0.322 e. The lowest BCUT2D eigenvalue weighted by Gasteiger charge is -2.11. The van der Waals surface area contributed by atoms with E-state index in [0.29, 0.717) is 29.2 Å². The van der Waals surface area contributed by atoms with Crippen LogP contribution >= 0.6 is 11.6 Å². The van der Waals surface area contributed by atoms with Gasteiger partial charge in [-0.2, -0.15) is 4.98 Å². The van der Waals surface area contributed by atoms with Crippen LogP contribution < -0.4 is 10.5 Å². The zero-order valence-corrected chi connectivity index (χ0v) is 12.6. The van der Waals surface area contributed by atoms with Crippen molar-refractivity contribution in [3.8, 4) is 11.8 Å². The van der Waals surface area contributed by atoms with Gasteiger partial charge in [0.2, 0.25) is 0 Å². The Morgan fingerprint density at radius 2 is 2.00 bits per heavy atom. The number of rotatable bonds is 4. The van der Waals surface area contributed by atoms with Crippen molar-refractivity contribution < 1.29 is 4.74 Å². The quantitative estimate of drug-likeness (QED) is 0.930. The molecular formula is C15H18ClN3O. The summed E-state index contributed by atoms with van der Waals surface area (Å²) in [6, 6.07) is 7.64. The average molecular weight is 292 g/mol. The third-order valence-electron chi connectivity index (χ3n) is 2.90. The Morgan fingerprint density at radius 3 is 2.65 bits per heavy atom. The zero-order valence-electron chi connectivity index (χ0n) is 11.9. The summed E-state index contributed by atoms with van der Waals surface area (Å²) in [6.45, 7) is 6.45. The Labute approximate surface area is 124 Å². The van der Waals surface area contributed by atoms with Gasteiger partial charge in [-0.3, -0.25) is 0 Å². The monoisotopic (exact) mass is 291 g/mol. The Morgan fingerprint density at radius 1 is 1.25 bits per heavy atom. The highest BCUT2D eigenvalue weighted by Gasteiger charge is 2.10. The third kappa shape index (κ3) is 3.46. The van der Waals surface area contributed by atoms with Gasteiger partial charge in [0, 0.05) is 22.8 Å². The van der Waals surface area contributed by atoms with E-state index in [9.17, 15) is 0 Å². The molecule has 1 heterocycles. The molecule has 2 aromatic rings. The molecule has 0 saturated heterocycles. The molecule has 106 valence electrons. The first-order valence-electron chi connectivity index (χ1n) is 6.51. The molecule has 0 aliphatic rings. The van der Waals surface area contributed by atoms with Gasteiger partial charge in [-0.15, -0.1) is 0 Å². The van der Waals surface area contributed by atoms with Gasteiger partial charge in [0.15, 0.2) is 0 Å². The number of hydrogen-bond donors (Lipinski definition) is 1. The molecule has 0 spiro atoms. The predicted molar refractivity (Wildman–Crippen MR) is 80.3 cm³/mol. The molecule has 0 atom stereocenters. The molecule has 0 aliphatic heterocycles. The van der Waals surface area contributed by atoms with Crippen LogP contribution in [0.5, 0.6) is 11.8 Å². The summed E-state index contributed by atoms with van der Waals surface area (Å²) in [5.74, 6) is 0.910. The molecule has 5 heteroatoms. The van der Waals surface area contributed by atoms with E-state index in [4.69, 9.17) is 22.1 Å². The van der Waals surface area contributed by atoms with Crippen molar-refractivity contribution in [1.82, 2.24) is 9.97 Å². The predicted octanol–water partition coefficient (Wildman–Crippen LogP) is 3.81. The topological polar surface area (TPSA) is 61.0 Å². The summed E-state index contributed by atoms with van der Waals surface area (Å²) >= 11 is 5.99. The van der Waals surface area contributed by atoms with E-state index in [1.165, 1.54) is 0 Å². The van der Waals surface area contributed by atoms with Gasteiger partial charge in [-0.05, 0) is 31.0 Å². The highest BCUT2D eigenvalue weighted by Crippen LogP contribution is 2.27. The number of aromatic nitrogens is 2. The minimum atomic E-state index is 0.312. The first-order chi connectivity index (χ1) is 9.49. The number of benzene rings is 1. The van der Waals surface area contributed by atoms with Gasteiger partial charge in [0.1, 0.15) is 5.75 Å². The minimum absolute atomic E-state index is 0.312. The van der Waals surface area contributed by atoms with Crippen LogP contribution in [0.2, 0.25) is 5.02 Å². The Hall–Kier alpha value is -1.65. The van der Waals surface area contributed by atoms with Crippen molar-refractivity contribution in [3.05, 3.63) is 46.2 Å². The smallest absolute Gasteiger partial charge is 0.322 e. The second-order valence-corrected chi connectivity index (χ2v) is 5.37. The Balaban J connectivity index is 2.37. The van der Waals surface area contributed by atoms with Gasteiger partial charge in [-0.25, -0.2) is 4.98 Å². The second-order valence-electron chi connectivity index (χ2n) is 4.93. The van der Waals surface area contributed by atoms with E-state index < -0.39 is 0 Å². The van der Waals surface area contributed by atoms with Crippen LogP contribution in [-0.4, -0.2) is 9.97 Å². The molecule has 2 N–H and O–H groups in total. The highest BCUT2D eigenvalue weighted by atomic mass is 35.5. The fourth-order valence-corrected chi connectivity index (χ4v) is 1.96. The number of nitrogens with zero attached hydrogens (tertiary/aromatic N) is 2. The number of halogens is 1. The molecule has 1 aromatic carbocycles. The Kier molecular flexibility index (Phi) is 4.57. The lowest BCUT2D eigenvalue weighted by atomic mass is 10.1. The summed E-state index contributed by atoms with van der Waals surface area (Å²) in [5, 5.41) is 0.592. The van der Waals surface area contributed by atoms with E-state index in [1.807, 2.05) is 19.1 Å². The lowest BCUT2D eigenvalue weighted by molar-refractivity contribution is 0.431. The van der Waals surface area contributed by atoms with Crippen LogP contribution in [0, 0.1) is 6.92 Å². The number of aryl methyl sites for hydroxylation is 1. The van der Waals surface area contributed by atoms with Crippen LogP contribution in [0.25, 0.3) is 0 Å². The summed E-state index contributed by atoms with van der Waals surface area (Å²) < 4.78 is 5.77. The van der Waals surface area contributed by atoms with Gasteiger partial charge < -0.3 is 10.5 Å². The lowest BCUT2D eigenvalue weighted by Crippen LogP contribution is -2.03. The molecule has 0 radical (unpaired) electrons. The van der Waals surface area contributed by atoms with Crippen molar-refractivity contribution in [2.24, 2.45) is 5.73 Å². The van der Waals surface area contributed by atoms with Crippen LogP contribution in [-0.2, 0) is 6.54 Å². The maximum absolute atomic E-state index is 5.99. The zero-order chi connectivity index (χ0) is 14.7. The van der Waals surface area contributed by atoms with Crippen LogP contribution in [0.1, 0.15) is 36.7 Å². The molecule has 1 aromatic heterocycles. The van der Waals surface area contributed by atoms with Crippen molar-refractivity contribution in [2.75, 3.05) is 0 Å². The van der Waals surface area contributed by atoms with E-state index >= 15 is 0 Å². The van der Waals surface area contributed by atoms with E-state index in [0.717, 1.165) is 17.0 Å². The van der Waals surface area contributed by atoms with E-state index in [2.05, 4.69) is 23.8 Å². The highest BCUT2D eigenvalue weighted by molar-refractivity contribution is 6.30. The number of hydrogen-bond acceptors (Lipinski definition) is 4. The van der Waals surface area contributed by atoms with Crippen molar-refractivity contribution in [2.45, 2.75) is 33.2 Å². The molecule has 0 fully saturated rings. The molecule has 0 saturated carbocycles. The standard InChI is InChI=1S/C15H18ClN3O/c1-9(2)13-6-10(3)18-15(19-13)20-14-7-12(16)5-4-11(14)8-17/h4-7,9H,8,17H2,1-3H3. The number of nitrogens with two attached hydrogens (primary N) is 1. The summed E-state index contributed by atoms with van der Waals surface area (Å²) in [6.07, 6.45) is 0. The molecule has 0 bridgehead atoms. The Bertz CT molecular complexity index is 614. The van der Waals surface area contributed by atoms with Gasteiger partial charge in [0.05, 0.1) is 5.69 Å². The van der Waals surface area contributed by atoms with Crippen LogP contribution in [0.4, 0.5) is 0 Å².